The number of ether oxygens (including phenoxy) is 2. The van der Waals surface area contributed by atoms with E-state index in [2.05, 4.69) is 12.2 Å². The van der Waals surface area contributed by atoms with Crippen LogP contribution in [-0.4, -0.2) is 37.5 Å². The number of allylic oxidation sites excluding steroid dienone is 2. The monoisotopic (exact) mass is 353 g/mol. The van der Waals surface area contributed by atoms with E-state index in [1.54, 1.807) is 14.2 Å². The van der Waals surface area contributed by atoms with Gasteiger partial charge in [-0.3, -0.25) is 14.5 Å². The Morgan fingerprint density at radius 2 is 1.62 bits per heavy atom. The predicted molar refractivity (Wildman–Crippen MR) is 94.7 cm³/mol. The van der Waals surface area contributed by atoms with Crippen LogP contribution in [0.4, 0.5) is 0 Å². The molecule has 0 N–H and O–H groups in total. The average molecular weight is 353 g/mol. The van der Waals surface area contributed by atoms with Crippen molar-refractivity contribution in [2.75, 3.05) is 20.8 Å². The highest BCUT2D eigenvalue weighted by molar-refractivity contribution is 6.06. The third-order valence-electron chi connectivity index (χ3n) is 7.02. The van der Waals surface area contributed by atoms with Crippen molar-refractivity contribution in [3.05, 3.63) is 35.9 Å². The van der Waals surface area contributed by atoms with E-state index in [0.717, 1.165) is 5.56 Å². The zero-order chi connectivity index (χ0) is 18.1. The van der Waals surface area contributed by atoms with E-state index in [1.807, 2.05) is 18.2 Å². The van der Waals surface area contributed by atoms with E-state index in [0.29, 0.717) is 36.3 Å². The molecule has 2 saturated carbocycles. The molecule has 5 rings (SSSR count). The van der Waals surface area contributed by atoms with Gasteiger partial charge in [0.25, 0.3) is 0 Å². The quantitative estimate of drug-likeness (QED) is 0.603. The highest BCUT2D eigenvalue weighted by Gasteiger charge is 2.73. The van der Waals surface area contributed by atoms with Crippen molar-refractivity contribution in [3.8, 4) is 11.5 Å². The van der Waals surface area contributed by atoms with Crippen LogP contribution in [0, 0.1) is 29.1 Å². The Labute approximate surface area is 153 Å². The van der Waals surface area contributed by atoms with Crippen LogP contribution < -0.4 is 9.47 Å². The summed E-state index contributed by atoms with van der Waals surface area (Å²) in [5.74, 6) is 1.80. The lowest BCUT2D eigenvalue weighted by atomic mass is 9.85. The smallest absolute Gasteiger partial charge is 0.233 e. The number of amides is 2. The average Bonchev–Trinajstić information content (AvgIpc) is 3.26. The normalized spacial score (nSPS) is 32.5. The first-order chi connectivity index (χ1) is 12.6. The van der Waals surface area contributed by atoms with Crippen LogP contribution in [0.5, 0.6) is 11.5 Å². The molecule has 4 aliphatic rings. The number of methoxy groups -OCH3 is 2. The van der Waals surface area contributed by atoms with E-state index in [4.69, 9.17) is 9.47 Å². The van der Waals surface area contributed by atoms with E-state index < -0.39 is 0 Å². The van der Waals surface area contributed by atoms with Crippen LogP contribution in [0.3, 0.4) is 0 Å². The van der Waals surface area contributed by atoms with Crippen LogP contribution in [-0.2, 0) is 16.0 Å². The number of carbonyl (C=O) groups excluding carboxylic acids is 2. The topological polar surface area (TPSA) is 55.8 Å². The molecule has 0 radical (unpaired) electrons. The zero-order valence-electron chi connectivity index (χ0n) is 15.1. The third kappa shape index (κ3) is 1.91. The molecule has 26 heavy (non-hydrogen) atoms. The Morgan fingerprint density at radius 1 is 1.00 bits per heavy atom. The van der Waals surface area contributed by atoms with Crippen molar-refractivity contribution in [3.63, 3.8) is 0 Å². The van der Waals surface area contributed by atoms with Gasteiger partial charge in [0.05, 0.1) is 26.1 Å². The van der Waals surface area contributed by atoms with Crippen LogP contribution in [0.15, 0.2) is 30.4 Å². The lowest BCUT2D eigenvalue weighted by Gasteiger charge is -2.21. The first kappa shape index (κ1) is 15.9. The van der Waals surface area contributed by atoms with E-state index in [1.165, 1.54) is 17.7 Å². The minimum absolute atomic E-state index is 0.0450. The highest BCUT2D eigenvalue weighted by Crippen LogP contribution is 2.73. The zero-order valence-corrected chi connectivity index (χ0v) is 15.1. The van der Waals surface area contributed by atoms with Gasteiger partial charge in [0, 0.05) is 6.54 Å². The van der Waals surface area contributed by atoms with E-state index in [9.17, 15) is 9.59 Å². The lowest BCUT2D eigenvalue weighted by Crippen LogP contribution is -2.36. The van der Waals surface area contributed by atoms with Crippen molar-refractivity contribution in [2.24, 2.45) is 29.1 Å². The second-order valence-corrected chi connectivity index (χ2v) is 7.99. The molecule has 5 heteroatoms. The summed E-state index contributed by atoms with van der Waals surface area (Å²) < 4.78 is 10.6. The Morgan fingerprint density at radius 3 is 2.15 bits per heavy atom. The number of benzene rings is 1. The van der Waals surface area contributed by atoms with Gasteiger partial charge in [-0.25, -0.2) is 0 Å². The van der Waals surface area contributed by atoms with Crippen molar-refractivity contribution in [2.45, 2.75) is 19.3 Å². The molecule has 0 aromatic heterocycles. The maximum Gasteiger partial charge on any atom is 0.233 e. The van der Waals surface area contributed by atoms with Crippen molar-refractivity contribution >= 4 is 11.8 Å². The summed E-state index contributed by atoms with van der Waals surface area (Å²) in [4.78, 5) is 27.5. The molecule has 1 aliphatic heterocycles. The number of likely N-dealkylation sites (tertiary alicyclic amines) is 1. The van der Waals surface area contributed by atoms with Crippen molar-refractivity contribution < 1.29 is 19.1 Å². The van der Waals surface area contributed by atoms with E-state index in [-0.39, 0.29) is 29.1 Å². The van der Waals surface area contributed by atoms with Gasteiger partial charge in [-0.05, 0) is 54.2 Å². The summed E-state index contributed by atoms with van der Waals surface area (Å²) in [6, 6.07) is 5.73. The number of hydrogen-bond donors (Lipinski definition) is 0. The van der Waals surface area contributed by atoms with Gasteiger partial charge in [0.1, 0.15) is 0 Å². The third-order valence-corrected chi connectivity index (χ3v) is 7.02. The highest BCUT2D eigenvalue weighted by atomic mass is 16.5. The number of hydrogen-bond acceptors (Lipinski definition) is 4. The predicted octanol–water partition coefficient (Wildman–Crippen LogP) is 2.44. The van der Waals surface area contributed by atoms with Crippen LogP contribution >= 0.6 is 0 Å². The summed E-state index contributed by atoms with van der Waals surface area (Å²) in [7, 11) is 3.21. The molecule has 2 bridgehead atoms. The molecule has 1 spiro atoms. The molecular weight excluding hydrogens is 330 g/mol. The minimum atomic E-state index is -0.106. The fourth-order valence-electron chi connectivity index (χ4n) is 5.64. The number of imide groups is 1. The molecule has 136 valence electrons. The summed E-state index contributed by atoms with van der Waals surface area (Å²) in [6.45, 7) is 0.437. The maximum absolute atomic E-state index is 13.0. The van der Waals surface area contributed by atoms with Crippen LogP contribution in [0.1, 0.15) is 18.4 Å². The molecule has 1 aromatic carbocycles. The summed E-state index contributed by atoms with van der Waals surface area (Å²) in [5.41, 5.74) is 1.29. The first-order valence-electron chi connectivity index (χ1n) is 9.35. The number of rotatable bonds is 5. The van der Waals surface area contributed by atoms with Gasteiger partial charge in [0.2, 0.25) is 11.8 Å². The van der Waals surface area contributed by atoms with Crippen molar-refractivity contribution in [1.29, 1.82) is 0 Å². The molecule has 4 atom stereocenters. The lowest BCUT2D eigenvalue weighted by molar-refractivity contribution is -0.141. The van der Waals surface area contributed by atoms with Crippen LogP contribution in [0.2, 0.25) is 0 Å². The summed E-state index contributed by atoms with van der Waals surface area (Å²) >= 11 is 0. The molecule has 3 aliphatic carbocycles. The minimum Gasteiger partial charge on any atom is -0.493 e. The molecular formula is C21H23NO4. The molecule has 0 unspecified atom stereocenters. The molecule has 2 amide bonds. The fourth-order valence-corrected chi connectivity index (χ4v) is 5.64. The summed E-state index contributed by atoms with van der Waals surface area (Å²) in [6.07, 6.45) is 7.40. The Bertz CT molecular complexity index is 791. The van der Waals surface area contributed by atoms with Crippen molar-refractivity contribution in [1.82, 2.24) is 4.90 Å². The molecule has 1 heterocycles. The van der Waals surface area contributed by atoms with Gasteiger partial charge in [-0.15, -0.1) is 0 Å². The molecule has 3 fully saturated rings. The molecule has 1 aromatic rings. The Balaban J connectivity index is 1.32. The van der Waals surface area contributed by atoms with E-state index >= 15 is 0 Å². The Kier molecular flexibility index (Phi) is 3.27. The van der Waals surface area contributed by atoms with Gasteiger partial charge in [-0.2, -0.15) is 0 Å². The number of carbonyl (C=O) groups is 2. The molecule has 5 nitrogen and oxygen atoms in total. The van der Waals surface area contributed by atoms with Gasteiger partial charge in [-0.1, -0.05) is 18.2 Å². The second kappa shape index (κ2) is 5.35. The number of fused-ring (bicyclic) bond motifs is 3. The Hall–Kier alpha value is -2.30. The largest absolute Gasteiger partial charge is 0.493 e. The van der Waals surface area contributed by atoms with Gasteiger partial charge in [0.15, 0.2) is 11.5 Å². The standard InChI is InChI=1S/C21H23NO4/c1-25-15-6-3-12(11-16(15)26-2)7-10-22-19(23)17-13-4-5-14(18(17)20(22)24)21(13)8-9-21/h3-6,11,13-14,17-18H,7-10H2,1-2H3/t13-,14-,17-,18+/m0/s1. The fraction of sp³-hybridized carbons (Fsp3) is 0.524. The summed E-state index contributed by atoms with van der Waals surface area (Å²) in [5, 5.41) is 0. The van der Waals surface area contributed by atoms with Gasteiger partial charge < -0.3 is 9.47 Å². The van der Waals surface area contributed by atoms with Gasteiger partial charge >= 0.3 is 0 Å². The second-order valence-electron chi connectivity index (χ2n) is 7.99. The van der Waals surface area contributed by atoms with Crippen LogP contribution in [0.25, 0.3) is 0 Å². The molecule has 1 saturated heterocycles. The maximum atomic E-state index is 13.0. The number of nitrogens with zero attached hydrogens (tertiary/aromatic N) is 1. The SMILES string of the molecule is COc1ccc(CCN2C(=O)[C@@H]3[C@H](C2=O)[C@@H]2C=C[C@@H]3C23CC3)cc1OC. The first-order valence-corrected chi connectivity index (χ1v) is 9.35.